The van der Waals surface area contributed by atoms with Crippen LogP contribution in [0.4, 0.5) is 0 Å². The summed E-state index contributed by atoms with van der Waals surface area (Å²) in [6.07, 6.45) is 0.712. The molecule has 0 spiro atoms. The Bertz CT molecular complexity index is 1250. The van der Waals surface area contributed by atoms with Gasteiger partial charge < -0.3 is 19.9 Å². The van der Waals surface area contributed by atoms with Gasteiger partial charge in [-0.05, 0) is 60.8 Å². The molecule has 0 bridgehead atoms. The lowest BCUT2D eigenvalue weighted by atomic mass is 9.99. The summed E-state index contributed by atoms with van der Waals surface area (Å²) in [5, 5.41) is 0. The van der Waals surface area contributed by atoms with Crippen molar-refractivity contribution in [1.29, 1.82) is 0 Å². The number of hydrogen-bond acceptors (Lipinski definition) is 4. The molecule has 4 aromatic rings. The number of rotatable bonds is 10. The van der Waals surface area contributed by atoms with Gasteiger partial charge in [0.1, 0.15) is 11.6 Å². The standard InChI is InChI=1S/C29H34N4O2/c1-21(2)27(32(19-9-18-30)29(34)23-14-16-24(35-3)17-15-23)28-31-25-12-7-8-13-26(25)33(28)20-22-10-5-4-6-11-22/h4-8,10-17,21,27H,9,18-20,30H2,1-3H3/t27-/m1/s1. The van der Waals surface area contributed by atoms with Crippen molar-refractivity contribution in [2.75, 3.05) is 20.2 Å². The van der Waals surface area contributed by atoms with Gasteiger partial charge in [-0.2, -0.15) is 0 Å². The average molecular weight is 471 g/mol. The first-order valence-electron chi connectivity index (χ1n) is 12.2. The summed E-state index contributed by atoms with van der Waals surface area (Å²) < 4.78 is 7.54. The largest absolute Gasteiger partial charge is 0.497 e. The van der Waals surface area contributed by atoms with E-state index in [9.17, 15) is 4.79 Å². The second-order valence-corrected chi connectivity index (χ2v) is 9.09. The molecular weight excluding hydrogens is 436 g/mol. The number of methoxy groups -OCH3 is 1. The van der Waals surface area contributed by atoms with Crippen LogP contribution in [0.25, 0.3) is 11.0 Å². The van der Waals surface area contributed by atoms with E-state index in [2.05, 4.69) is 48.7 Å². The van der Waals surface area contributed by atoms with Crippen LogP contribution in [0, 0.1) is 5.92 Å². The molecule has 6 nitrogen and oxygen atoms in total. The van der Waals surface area contributed by atoms with E-state index in [0.29, 0.717) is 31.6 Å². The first-order chi connectivity index (χ1) is 17.0. The molecule has 1 amide bonds. The van der Waals surface area contributed by atoms with Crippen LogP contribution in [-0.4, -0.2) is 40.6 Å². The predicted molar refractivity (Wildman–Crippen MR) is 141 cm³/mol. The lowest BCUT2D eigenvalue weighted by Crippen LogP contribution is -2.40. The molecule has 0 aliphatic heterocycles. The summed E-state index contributed by atoms with van der Waals surface area (Å²) in [7, 11) is 1.62. The molecule has 0 aliphatic carbocycles. The smallest absolute Gasteiger partial charge is 0.254 e. The fourth-order valence-electron chi connectivity index (χ4n) is 4.58. The molecule has 6 heteroatoms. The van der Waals surface area contributed by atoms with Crippen LogP contribution in [-0.2, 0) is 6.54 Å². The van der Waals surface area contributed by atoms with E-state index in [1.165, 1.54) is 5.56 Å². The molecule has 0 radical (unpaired) electrons. The van der Waals surface area contributed by atoms with Crippen molar-refractivity contribution in [3.8, 4) is 5.75 Å². The maximum absolute atomic E-state index is 13.9. The molecule has 3 aromatic carbocycles. The van der Waals surface area contributed by atoms with Crippen LogP contribution in [0.3, 0.4) is 0 Å². The Morgan fingerprint density at radius 1 is 1.00 bits per heavy atom. The van der Waals surface area contributed by atoms with Crippen LogP contribution in [0.2, 0.25) is 0 Å². The lowest BCUT2D eigenvalue weighted by molar-refractivity contribution is 0.0605. The SMILES string of the molecule is COc1ccc(C(=O)N(CCCN)[C@@H](c2nc3ccccc3n2Cc2ccccc2)C(C)C)cc1. The number of para-hydroxylation sites is 2. The average Bonchev–Trinajstić information content (AvgIpc) is 3.24. The molecule has 0 fully saturated rings. The maximum atomic E-state index is 13.9. The molecule has 1 heterocycles. The Morgan fingerprint density at radius 3 is 2.34 bits per heavy atom. The van der Waals surface area contributed by atoms with E-state index in [4.69, 9.17) is 15.5 Å². The van der Waals surface area contributed by atoms with Gasteiger partial charge in [0.05, 0.1) is 24.2 Å². The van der Waals surface area contributed by atoms with Gasteiger partial charge >= 0.3 is 0 Å². The van der Waals surface area contributed by atoms with Gasteiger partial charge in [0, 0.05) is 18.7 Å². The maximum Gasteiger partial charge on any atom is 0.254 e. The number of aromatic nitrogens is 2. The number of imidazole rings is 1. The molecule has 2 N–H and O–H groups in total. The van der Waals surface area contributed by atoms with Gasteiger partial charge in [-0.15, -0.1) is 0 Å². The third kappa shape index (κ3) is 5.38. The number of nitrogens with two attached hydrogens (primary N) is 1. The highest BCUT2D eigenvalue weighted by Gasteiger charge is 2.32. The zero-order valence-corrected chi connectivity index (χ0v) is 20.7. The van der Waals surface area contributed by atoms with Crippen LogP contribution < -0.4 is 10.5 Å². The van der Waals surface area contributed by atoms with Crippen molar-refractivity contribution < 1.29 is 9.53 Å². The summed E-state index contributed by atoms with van der Waals surface area (Å²) in [6, 6.07) is 25.6. The second kappa shape index (κ2) is 11.2. The molecule has 35 heavy (non-hydrogen) atoms. The lowest BCUT2D eigenvalue weighted by Gasteiger charge is -2.34. The number of amides is 1. The van der Waals surface area contributed by atoms with Crippen molar-refractivity contribution in [3.63, 3.8) is 0 Å². The minimum atomic E-state index is -0.215. The number of carbonyl (C=O) groups is 1. The molecule has 1 aromatic heterocycles. The van der Waals surface area contributed by atoms with E-state index >= 15 is 0 Å². The zero-order valence-electron chi connectivity index (χ0n) is 20.7. The summed E-state index contributed by atoms with van der Waals surface area (Å²) >= 11 is 0. The van der Waals surface area contributed by atoms with E-state index in [1.807, 2.05) is 53.4 Å². The highest BCUT2D eigenvalue weighted by molar-refractivity contribution is 5.94. The fourth-order valence-corrected chi connectivity index (χ4v) is 4.58. The van der Waals surface area contributed by atoms with Gasteiger partial charge in [-0.3, -0.25) is 4.79 Å². The van der Waals surface area contributed by atoms with Gasteiger partial charge in [0.15, 0.2) is 0 Å². The van der Waals surface area contributed by atoms with Gasteiger partial charge in [0.25, 0.3) is 5.91 Å². The normalized spacial score (nSPS) is 12.1. The number of carbonyl (C=O) groups excluding carboxylic acids is 1. The molecule has 0 saturated carbocycles. The summed E-state index contributed by atoms with van der Waals surface area (Å²) in [5.41, 5.74) is 9.69. The quantitative estimate of drug-likeness (QED) is 0.342. The van der Waals surface area contributed by atoms with Gasteiger partial charge in [-0.25, -0.2) is 4.98 Å². The number of fused-ring (bicyclic) bond motifs is 1. The number of benzene rings is 3. The third-order valence-corrected chi connectivity index (χ3v) is 6.30. The van der Waals surface area contributed by atoms with Crippen LogP contribution in [0.15, 0.2) is 78.9 Å². The first kappa shape index (κ1) is 24.5. The number of hydrogen-bond donors (Lipinski definition) is 1. The Balaban J connectivity index is 1.81. The third-order valence-electron chi connectivity index (χ3n) is 6.30. The molecule has 182 valence electrons. The first-order valence-corrected chi connectivity index (χ1v) is 12.2. The summed E-state index contributed by atoms with van der Waals surface area (Å²) in [4.78, 5) is 20.9. The summed E-state index contributed by atoms with van der Waals surface area (Å²) in [5.74, 6) is 1.73. The predicted octanol–water partition coefficient (Wildman–Crippen LogP) is 5.28. The molecule has 0 unspecified atom stereocenters. The fraction of sp³-hybridized carbons (Fsp3) is 0.310. The molecule has 0 aliphatic rings. The van der Waals surface area contributed by atoms with Crippen molar-refractivity contribution >= 4 is 16.9 Å². The minimum Gasteiger partial charge on any atom is -0.497 e. The topological polar surface area (TPSA) is 73.4 Å². The van der Waals surface area contributed by atoms with Crippen LogP contribution in [0.1, 0.15) is 48.1 Å². The Hall–Kier alpha value is -3.64. The monoisotopic (exact) mass is 470 g/mol. The molecule has 4 rings (SSSR count). The number of ether oxygens (including phenoxy) is 1. The number of nitrogens with zero attached hydrogens (tertiary/aromatic N) is 3. The van der Waals surface area contributed by atoms with Gasteiger partial charge in [0.2, 0.25) is 0 Å². The van der Waals surface area contributed by atoms with E-state index < -0.39 is 0 Å². The highest BCUT2D eigenvalue weighted by Crippen LogP contribution is 2.33. The molecule has 0 saturated heterocycles. The Morgan fingerprint density at radius 2 is 1.69 bits per heavy atom. The van der Waals surface area contributed by atoms with Crippen molar-refractivity contribution in [1.82, 2.24) is 14.5 Å². The van der Waals surface area contributed by atoms with Crippen molar-refractivity contribution in [2.45, 2.75) is 32.9 Å². The van der Waals surface area contributed by atoms with Crippen LogP contribution in [0.5, 0.6) is 5.75 Å². The summed E-state index contributed by atoms with van der Waals surface area (Å²) in [6.45, 7) is 6.04. The second-order valence-electron chi connectivity index (χ2n) is 9.09. The van der Waals surface area contributed by atoms with Gasteiger partial charge in [-0.1, -0.05) is 56.3 Å². The molecule has 1 atom stereocenters. The van der Waals surface area contributed by atoms with E-state index in [0.717, 1.165) is 22.6 Å². The Kier molecular flexibility index (Phi) is 7.83. The van der Waals surface area contributed by atoms with E-state index in [-0.39, 0.29) is 17.9 Å². The molecular formula is C29H34N4O2. The van der Waals surface area contributed by atoms with Crippen LogP contribution >= 0.6 is 0 Å². The van der Waals surface area contributed by atoms with Crippen molar-refractivity contribution in [3.05, 3.63) is 95.8 Å². The zero-order chi connectivity index (χ0) is 24.8. The Labute approximate surface area is 207 Å². The van der Waals surface area contributed by atoms with E-state index in [1.54, 1.807) is 7.11 Å². The van der Waals surface area contributed by atoms with Crippen molar-refractivity contribution in [2.24, 2.45) is 11.7 Å². The highest BCUT2D eigenvalue weighted by atomic mass is 16.5. The minimum absolute atomic E-state index is 0.0295.